The standard InChI is InChI=1S/C8H10N2O4S/c1-2-15(13,14)10-7-3-6(8(11)12)4-9-5-7/h3-5,10H,2H2,1H3,(H,11,12)/p-1. The van der Waals surface area contributed by atoms with E-state index in [4.69, 9.17) is 0 Å². The Bertz CT molecular complexity index is 469. The van der Waals surface area contributed by atoms with E-state index in [-0.39, 0.29) is 17.0 Å². The highest BCUT2D eigenvalue weighted by Gasteiger charge is 2.07. The van der Waals surface area contributed by atoms with Gasteiger partial charge in [0.2, 0.25) is 10.0 Å². The molecule has 6 nitrogen and oxygen atoms in total. The van der Waals surface area contributed by atoms with Crippen molar-refractivity contribution >= 4 is 21.7 Å². The van der Waals surface area contributed by atoms with Crippen LogP contribution in [0.1, 0.15) is 17.3 Å². The monoisotopic (exact) mass is 229 g/mol. The normalized spacial score (nSPS) is 11.0. The lowest BCUT2D eigenvalue weighted by atomic mass is 10.3. The summed E-state index contributed by atoms with van der Waals surface area (Å²) in [6.07, 6.45) is 2.30. The lowest BCUT2D eigenvalue weighted by molar-refractivity contribution is -0.255. The molecule has 0 spiro atoms. The summed E-state index contributed by atoms with van der Waals surface area (Å²) < 4.78 is 24.5. The molecule has 1 aromatic rings. The molecule has 0 unspecified atom stereocenters. The Morgan fingerprint density at radius 3 is 2.73 bits per heavy atom. The number of carboxylic acids is 1. The number of carbonyl (C=O) groups is 1. The number of nitrogens with zero attached hydrogens (tertiary/aromatic N) is 1. The Morgan fingerprint density at radius 2 is 2.20 bits per heavy atom. The van der Waals surface area contributed by atoms with E-state index in [1.165, 1.54) is 13.1 Å². The number of aromatic carboxylic acids is 1. The van der Waals surface area contributed by atoms with Crippen molar-refractivity contribution in [3.8, 4) is 0 Å². The number of anilines is 1. The summed E-state index contributed by atoms with van der Waals surface area (Å²) in [5, 5.41) is 10.5. The van der Waals surface area contributed by atoms with Crippen LogP contribution in [0.2, 0.25) is 0 Å². The van der Waals surface area contributed by atoms with Gasteiger partial charge < -0.3 is 9.90 Å². The van der Waals surface area contributed by atoms with E-state index in [9.17, 15) is 18.3 Å². The number of aromatic nitrogens is 1. The maximum Gasteiger partial charge on any atom is 0.232 e. The summed E-state index contributed by atoms with van der Waals surface area (Å²) >= 11 is 0. The molecule has 1 aromatic heterocycles. The number of nitrogens with one attached hydrogen (secondary N) is 1. The zero-order chi connectivity index (χ0) is 11.5. The first-order chi connectivity index (χ1) is 6.94. The van der Waals surface area contributed by atoms with Gasteiger partial charge in [-0.1, -0.05) is 0 Å². The van der Waals surface area contributed by atoms with E-state index < -0.39 is 16.0 Å². The van der Waals surface area contributed by atoms with Gasteiger partial charge in [-0.3, -0.25) is 9.71 Å². The van der Waals surface area contributed by atoms with Crippen LogP contribution in [-0.2, 0) is 10.0 Å². The van der Waals surface area contributed by atoms with Crippen molar-refractivity contribution in [3.63, 3.8) is 0 Å². The van der Waals surface area contributed by atoms with Crippen LogP contribution in [0.5, 0.6) is 0 Å². The summed E-state index contributed by atoms with van der Waals surface area (Å²) in [4.78, 5) is 14.0. The molecule has 1 rings (SSSR count). The minimum Gasteiger partial charge on any atom is -0.545 e. The van der Waals surface area contributed by atoms with Gasteiger partial charge in [0.25, 0.3) is 0 Å². The molecule has 0 radical (unpaired) electrons. The molecule has 0 aliphatic carbocycles. The molecule has 0 bridgehead atoms. The molecule has 0 aromatic carbocycles. The molecule has 0 atom stereocenters. The molecule has 15 heavy (non-hydrogen) atoms. The largest absolute Gasteiger partial charge is 0.545 e. The highest BCUT2D eigenvalue weighted by atomic mass is 32.2. The molecule has 7 heteroatoms. The first-order valence-corrected chi connectivity index (χ1v) is 5.76. The fourth-order valence-corrected chi connectivity index (χ4v) is 1.47. The van der Waals surface area contributed by atoms with Crippen LogP contribution in [0.15, 0.2) is 18.5 Å². The number of rotatable bonds is 4. The summed E-state index contributed by atoms with van der Waals surface area (Å²) in [6, 6.07) is 1.15. The van der Waals surface area contributed by atoms with Crippen LogP contribution in [0, 0.1) is 0 Å². The summed E-state index contributed by atoms with van der Waals surface area (Å²) in [5.41, 5.74) is -0.0650. The van der Waals surface area contributed by atoms with Gasteiger partial charge in [0, 0.05) is 11.8 Å². The molecule has 0 aliphatic heterocycles. The van der Waals surface area contributed by atoms with E-state index in [2.05, 4.69) is 9.71 Å². The number of carboxylic acid groups (broad SMARTS) is 1. The summed E-state index contributed by atoms with van der Waals surface area (Å²) in [5.74, 6) is -1.50. The van der Waals surface area contributed by atoms with Crippen LogP contribution in [0.25, 0.3) is 0 Å². The molecular weight excluding hydrogens is 220 g/mol. The van der Waals surface area contributed by atoms with Gasteiger partial charge in [-0.05, 0) is 13.0 Å². The average molecular weight is 229 g/mol. The molecule has 1 heterocycles. The first-order valence-electron chi connectivity index (χ1n) is 4.11. The van der Waals surface area contributed by atoms with Gasteiger partial charge >= 0.3 is 0 Å². The lowest BCUT2D eigenvalue weighted by Gasteiger charge is -2.07. The minimum absolute atomic E-state index is 0.0947. The number of sulfonamides is 1. The Hall–Kier alpha value is -1.63. The van der Waals surface area contributed by atoms with E-state index in [1.54, 1.807) is 0 Å². The van der Waals surface area contributed by atoms with Crippen molar-refractivity contribution in [2.75, 3.05) is 10.5 Å². The topological polar surface area (TPSA) is 99.2 Å². The highest BCUT2D eigenvalue weighted by Crippen LogP contribution is 2.09. The maximum absolute atomic E-state index is 11.1. The van der Waals surface area contributed by atoms with Crippen molar-refractivity contribution in [1.82, 2.24) is 4.98 Å². The van der Waals surface area contributed by atoms with E-state index in [0.717, 1.165) is 12.3 Å². The highest BCUT2D eigenvalue weighted by molar-refractivity contribution is 7.92. The van der Waals surface area contributed by atoms with Crippen LogP contribution < -0.4 is 9.83 Å². The maximum atomic E-state index is 11.1. The van der Waals surface area contributed by atoms with E-state index >= 15 is 0 Å². The fraction of sp³-hybridized carbons (Fsp3) is 0.250. The number of hydrogen-bond acceptors (Lipinski definition) is 5. The second kappa shape index (κ2) is 4.26. The molecule has 82 valence electrons. The molecule has 0 amide bonds. The Balaban J connectivity index is 2.97. The second-order valence-corrected chi connectivity index (χ2v) is 4.77. The van der Waals surface area contributed by atoms with Gasteiger partial charge in [0.1, 0.15) is 0 Å². The van der Waals surface area contributed by atoms with Crippen molar-refractivity contribution in [3.05, 3.63) is 24.0 Å². The quantitative estimate of drug-likeness (QED) is 0.729. The van der Waals surface area contributed by atoms with Crippen molar-refractivity contribution in [1.29, 1.82) is 0 Å². The van der Waals surface area contributed by atoms with Crippen molar-refractivity contribution in [2.45, 2.75) is 6.92 Å². The van der Waals surface area contributed by atoms with Crippen LogP contribution in [0.4, 0.5) is 5.69 Å². The number of pyridine rings is 1. The molecule has 0 saturated heterocycles. The number of hydrogen-bond donors (Lipinski definition) is 1. The van der Waals surface area contributed by atoms with Gasteiger partial charge in [-0.2, -0.15) is 0 Å². The third-order valence-electron chi connectivity index (χ3n) is 1.63. The van der Waals surface area contributed by atoms with Gasteiger partial charge in [0.05, 0.1) is 23.6 Å². The smallest absolute Gasteiger partial charge is 0.232 e. The van der Waals surface area contributed by atoms with Gasteiger partial charge in [-0.25, -0.2) is 8.42 Å². The van der Waals surface area contributed by atoms with Crippen LogP contribution in [0.3, 0.4) is 0 Å². The Morgan fingerprint density at radius 1 is 1.53 bits per heavy atom. The summed E-state index contributed by atoms with van der Waals surface area (Å²) in [7, 11) is -3.42. The van der Waals surface area contributed by atoms with Crippen molar-refractivity contribution in [2.24, 2.45) is 0 Å². The summed E-state index contributed by atoms with van der Waals surface area (Å²) in [6.45, 7) is 1.47. The second-order valence-electron chi connectivity index (χ2n) is 2.76. The van der Waals surface area contributed by atoms with E-state index in [1.807, 2.05) is 0 Å². The number of carbonyl (C=O) groups excluding carboxylic acids is 1. The van der Waals surface area contributed by atoms with Gasteiger partial charge in [-0.15, -0.1) is 0 Å². The minimum atomic E-state index is -3.42. The lowest BCUT2D eigenvalue weighted by Crippen LogP contribution is -2.23. The average Bonchev–Trinajstić information content (AvgIpc) is 2.17. The molecule has 1 N–H and O–H groups in total. The molecular formula is C8H9N2O4S-. The van der Waals surface area contributed by atoms with E-state index in [0.29, 0.717) is 0 Å². The first kappa shape index (κ1) is 11.4. The Labute approximate surface area is 87.0 Å². The molecule has 0 saturated carbocycles. The molecule has 0 fully saturated rings. The van der Waals surface area contributed by atoms with Crippen LogP contribution >= 0.6 is 0 Å². The predicted molar refractivity (Wildman–Crippen MR) is 51.7 cm³/mol. The van der Waals surface area contributed by atoms with Crippen LogP contribution in [-0.4, -0.2) is 25.1 Å². The predicted octanol–water partition coefficient (Wildman–Crippen LogP) is -0.793. The fourth-order valence-electron chi connectivity index (χ4n) is 0.859. The third-order valence-corrected chi connectivity index (χ3v) is 2.93. The third kappa shape index (κ3) is 3.21. The zero-order valence-corrected chi connectivity index (χ0v) is 8.74. The van der Waals surface area contributed by atoms with Gasteiger partial charge in [0.15, 0.2) is 0 Å². The SMILES string of the molecule is CCS(=O)(=O)Nc1cncc(C(=O)[O-])c1. The zero-order valence-electron chi connectivity index (χ0n) is 7.93. The van der Waals surface area contributed by atoms with Crippen molar-refractivity contribution < 1.29 is 18.3 Å². The molecule has 0 aliphatic rings. The Kier molecular flexibility index (Phi) is 3.25.